The van der Waals surface area contributed by atoms with Gasteiger partial charge in [0.25, 0.3) is 5.91 Å². The molecule has 0 N–H and O–H groups in total. The van der Waals surface area contributed by atoms with Crippen molar-refractivity contribution >= 4 is 5.91 Å². The Morgan fingerprint density at radius 3 is 2.58 bits per heavy atom. The molecule has 0 spiro atoms. The maximum atomic E-state index is 13.0. The highest BCUT2D eigenvalue weighted by atomic mass is 16.7. The number of rotatable bonds is 4. The van der Waals surface area contributed by atoms with Crippen LogP contribution in [0.5, 0.6) is 17.2 Å². The van der Waals surface area contributed by atoms with E-state index in [1.807, 2.05) is 35.2 Å². The van der Waals surface area contributed by atoms with Crippen molar-refractivity contribution in [3.05, 3.63) is 52.8 Å². The average Bonchev–Trinajstić information content (AvgIpc) is 3.57. The van der Waals surface area contributed by atoms with Crippen molar-refractivity contribution < 1.29 is 19.0 Å². The maximum Gasteiger partial charge on any atom is 0.253 e. The number of carbonyl (C=O) groups is 1. The molecule has 11 heteroatoms. The summed E-state index contributed by atoms with van der Waals surface area (Å²) in [5.41, 5.74) is 3.55. The van der Waals surface area contributed by atoms with Gasteiger partial charge in [-0.2, -0.15) is 4.68 Å². The average molecular weight is 492 g/mol. The number of benzene rings is 2. The van der Waals surface area contributed by atoms with Gasteiger partial charge in [-0.25, -0.2) is 0 Å². The number of ether oxygens (including phenoxy) is 3. The van der Waals surface area contributed by atoms with Crippen LogP contribution in [0.25, 0.3) is 5.69 Å². The van der Waals surface area contributed by atoms with Crippen molar-refractivity contribution in [3.8, 4) is 22.9 Å². The van der Waals surface area contributed by atoms with Gasteiger partial charge in [-0.05, 0) is 66.8 Å². The van der Waals surface area contributed by atoms with Crippen LogP contribution in [0.15, 0.2) is 30.3 Å². The highest BCUT2D eigenvalue weighted by Crippen LogP contribution is 2.50. The zero-order valence-electron chi connectivity index (χ0n) is 20.7. The maximum absolute atomic E-state index is 13.0. The fraction of sp³-hybridized carbons (Fsp3) is 0.440. The van der Waals surface area contributed by atoms with Crippen LogP contribution in [0.4, 0.5) is 0 Å². The molecule has 188 valence electrons. The first-order valence-corrected chi connectivity index (χ1v) is 12.1. The van der Waals surface area contributed by atoms with Crippen LogP contribution < -0.4 is 14.2 Å². The minimum absolute atomic E-state index is 0.0494. The van der Waals surface area contributed by atoms with E-state index in [2.05, 4.69) is 39.4 Å². The van der Waals surface area contributed by atoms with Gasteiger partial charge in [0.2, 0.25) is 12.5 Å². The Balaban J connectivity index is 1.34. The standard InChI is InChI=1S/C25H29N7O4/c1-29-10-12-31(13-11-29)25(33)16-4-6-18(7-5-16)32-24(26-27-28-32)21-20-17(8-9-30(21)2)14-19-22(23(20)34-3)36-15-35-19/h4-7,14,21H,8-13,15H2,1-3H3/t21-/m1/s1. The first kappa shape index (κ1) is 22.7. The molecule has 1 saturated heterocycles. The van der Waals surface area contributed by atoms with E-state index in [9.17, 15) is 4.79 Å². The number of carbonyl (C=O) groups excluding carboxylic acids is 1. The summed E-state index contributed by atoms with van der Waals surface area (Å²) in [5.74, 6) is 2.68. The van der Waals surface area contributed by atoms with Crippen molar-refractivity contribution in [2.24, 2.45) is 0 Å². The second-order valence-corrected chi connectivity index (χ2v) is 9.44. The zero-order chi connectivity index (χ0) is 24.8. The summed E-state index contributed by atoms with van der Waals surface area (Å²) in [5, 5.41) is 12.7. The normalized spacial score (nSPS) is 19.9. The third-order valence-electron chi connectivity index (χ3n) is 7.28. The molecule has 3 aromatic rings. The molecule has 1 amide bonds. The molecule has 0 aliphatic carbocycles. The van der Waals surface area contributed by atoms with Crippen LogP contribution in [0.2, 0.25) is 0 Å². The van der Waals surface area contributed by atoms with Crippen LogP contribution in [-0.2, 0) is 6.42 Å². The number of fused-ring (bicyclic) bond motifs is 2. The molecule has 4 heterocycles. The molecule has 11 nitrogen and oxygen atoms in total. The lowest BCUT2D eigenvalue weighted by molar-refractivity contribution is 0.0664. The minimum Gasteiger partial charge on any atom is -0.492 e. The first-order chi connectivity index (χ1) is 17.5. The summed E-state index contributed by atoms with van der Waals surface area (Å²) in [7, 11) is 5.77. The molecule has 0 bridgehead atoms. The number of tetrazole rings is 1. The van der Waals surface area contributed by atoms with E-state index in [1.54, 1.807) is 11.8 Å². The molecule has 0 unspecified atom stereocenters. The largest absolute Gasteiger partial charge is 0.492 e. The van der Waals surface area contributed by atoms with Crippen LogP contribution in [-0.4, -0.2) is 102 Å². The Kier molecular flexibility index (Phi) is 5.73. The molecule has 0 radical (unpaired) electrons. The molecule has 0 saturated carbocycles. The lowest BCUT2D eigenvalue weighted by atomic mass is 9.90. The van der Waals surface area contributed by atoms with E-state index in [0.29, 0.717) is 28.6 Å². The third-order valence-corrected chi connectivity index (χ3v) is 7.28. The molecule has 3 aliphatic heterocycles. The monoisotopic (exact) mass is 491 g/mol. The van der Waals surface area contributed by atoms with Crippen molar-refractivity contribution in [1.82, 2.24) is 34.9 Å². The van der Waals surface area contributed by atoms with Gasteiger partial charge in [0, 0.05) is 43.9 Å². The fourth-order valence-corrected chi connectivity index (χ4v) is 5.24. The van der Waals surface area contributed by atoms with E-state index in [-0.39, 0.29) is 18.7 Å². The molecule has 3 aliphatic rings. The highest BCUT2D eigenvalue weighted by Gasteiger charge is 2.37. The van der Waals surface area contributed by atoms with E-state index in [1.165, 1.54) is 0 Å². The molecular weight excluding hydrogens is 462 g/mol. The van der Waals surface area contributed by atoms with Crippen molar-refractivity contribution in [2.75, 3.05) is 60.7 Å². The van der Waals surface area contributed by atoms with Crippen molar-refractivity contribution in [3.63, 3.8) is 0 Å². The van der Waals surface area contributed by atoms with Gasteiger partial charge in [-0.15, -0.1) is 5.10 Å². The Hall–Kier alpha value is -3.70. The zero-order valence-corrected chi connectivity index (χ0v) is 20.7. The first-order valence-electron chi connectivity index (χ1n) is 12.1. The molecule has 2 aromatic carbocycles. The van der Waals surface area contributed by atoms with Crippen molar-refractivity contribution in [1.29, 1.82) is 0 Å². The van der Waals surface area contributed by atoms with Crippen LogP contribution in [0.1, 0.15) is 33.4 Å². The van der Waals surface area contributed by atoms with Crippen LogP contribution in [0.3, 0.4) is 0 Å². The third kappa shape index (κ3) is 3.75. The lowest BCUT2D eigenvalue weighted by Crippen LogP contribution is -2.47. The Bertz CT molecular complexity index is 1280. The van der Waals surface area contributed by atoms with Gasteiger partial charge in [0.15, 0.2) is 17.3 Å². The molecule has 1 aromatic heterocycles. The summed E-state index contributed by atoms with van der Waals surface area (Å²) in [6.07, 6.45) is 0.847. The lowest BCUT2D eigenvalue weighted by Gasteiger charge is -2.34. The predicted octanol–water partition coefficient (Wildman–Crippen LogP) is 1.36. The quantitative estimate of drug-likeness (QED) is 0.536. The molecule has 1 fully saturated rings. The van der Waals surface area contributed by atoms with Crippen LogP contribution in [0, 0.1) is 0 Å². The summed E-state index contributed by atoms with van der Waals surface area (Å²) < 4.78 is 18.9. The molecule has 1 atom stereocenters. The van der Waals surface area contributed by atoms with Crippen LogP contribution >= 0.6 is 0 Å². The number of amides is 1. The Morgan fingerprint density at radius 2 is 1.83 bits per heavy atom. The van der Waals surface area contributed by atoms with Gasteiger partial charge in [-0.1, -0.05) is 0 Å². The highest BCUT2D eigenvalue weighted by molar-refractivity contribution is 5.94. The summed E-state index contributed by atoms with van der Waals surface area (Å²) in [6.45, 7) is 4.25. The fourth-order valence-electron chi connectivity index (χ4n) is 5.24. The SMILES string of the molecule is COc1c2c(cc3c1[C@H](c1nnnn1-c1ccc(C(=O)N4CCN(C)CC4)cc1)N(C)CC3)OCO2. The smallest absolute Gasteiger partial charge is 0.253 e. The summed E-state index contributed by atoms with van der Waals surface area (Å²) >= 11 is 0. The van der Waals surface area contributed by atoms with E-state index in [0.717, 1.165) is 56.0 Å². The van der Waals surface area contributed by atoms with E-state index in [4.69, 9.17) is 14.2 Å². The number of aromatic nitrogens is 4. The number of hydrogen-bond acceptors (Lipinski definition) is 9. The second kappa shape index (κ2) is 9.07. The Labute approximate surface area is 209 Å². The number of methoxy groups -OCH3 is 1. The number of hydrogen-bond donors (Lipinski definition) is 0. The summed E-state index contributed by atoms with van der Waals surface area (Å²) in [6, 6.07) is 9.26. The predicted molar refractivity (Wildman–Crippen MR) is 130 cm³/mol. The number of piperazine rings is 1. The van der Waals surface area contributed by atoms with Gasteiger partial charge in [0.1, 0.15) is 6.04 Å². The molecule has 36 heavy (non-hydrogen) atoms. The van der Waals surface area contributed by atoms with Gasteiger partial charge >= 0.3 is 0 Å². The number of nitrogens with zero attached hydrogens (tertiary/aromatic N) is 7. The molecule has 6 rings (SSSR count). The van der Waals surface area contributed by atoms with Crippen molar-refractivity contribution in [2.45, 2.75) is 12.5 Å². The van der Waals surface area contributed by atoms with E-state index >= 15 is 0 Å². The van der Waals surface area contributed by atoms with E-state index < -0.39 is 0 Å². The van der Waals surface area contributed by atoms with Gasteiger partial charge in [0.05, 0.1) is 12.8 Å². The van der Waals surface area contributed by atoms with Gasteiger partial charge < -0.3 is 24.0 Å². The Morgan fingerprint density at radius 1 is 1.06 bits per heavy atom. The minimum atomic E-state index is -0.250. The molecular formula is C25H29N7O4. The van der Waals surface area contributed by atoms with Gasteiger partial charge in [-0.3, -0.25) is 9.69 Å². The number of likely N-dealkylation sites (N-methyl/N-ethyl adjacent to an activating group) is 2. The second-order valence-electron chi connectivity index (χ2n) is 9.44. The summed E-state index contributed by atoms with van der Waals surface area (Å²) in [4.78, 5) is 19.3. The topological polar surface area (TPSA) is 98.1 Å².